The van der Waals surface area contributed by atoms with Crippen LogP contribution in [0.3, 0.4) is 0 Å². The summed E-state index contributed by atoms with van der Waals surface area (Å²) >= 11 is 5.94. The van der Waals surface area contributed by atoms with E-state index in [-0.39, 0.29) is 0 Å². The van der Waals surface area contributed by atoms with Gasteiger partial charge in [-0.2, -0.15) is 0 Å². The van der Waals surface area contributed by atoms with Crippen molar-refractivity contribution in [3.8, 4) is 0 Å². The fraction of sp³-hybridized carbons (Fsp3) is 0.222. The summed E-state index contributed by atoms with van der Waals surface area (Å²) < 4.78 is 12.1. The zero-order valence-electron chi connectivity index (χ0n) is 8.57. The van der Waals surface area contributed by atoms with Gasteiger partial charge in [0.15, 0.2) is 5.96 Å². The molecule has 0 aliphatic heterocycles. The first-order valence-electron chi connectivity index (χ1n) is 4.38. The molecule has 1 unspecified atom stereocenters. The molecule has 1 rings (SSSR count). The minimum Gasteiger partial charge on any atom is -0.359 e. The van der Waals surface area contributed by atoms with Crippen molar-refractivity contribution in [3.63, 3.8) is 0 Å². The molecule has 0 aromatic heterocycles. The second kappa shape index (κ2) is 5.19. The van der Waals surface area contributed by atoms with Gasteiger partial charge in [0.25, 0.3) is 6.65 Å². The number of hydrogen-bond donors (Lipinski definition) is 2. The molecule has 2 N–H and O–H groups in total. The van der Waals surface area contributed by atoms with E-state index in [1.807, 2.05) is 6.07 Å². The van der Waals surface area contributed by atoms with Crippen LogP contribution in [0.25, 0.3) is 0 Å². The van der Waals surface area contributed by atoms with Gasteiger partial charge in [0.2, 0.25) is 0 Å². The summed E-state index contributed by atoms with van der Waals surface area (Å²) in [6, 6.07) is 8.84. The quantitative estimate of drug-likeness (QED) is 0.472. The molecule has 0 spiro atoms. The number of benzene rings is 1. The molecule has 1 aromatic rings. The van der Waals surface area contributed by atoms with Gasteiger partial charge in [-0.1, -0.05) is 18.2 Å². The van der Waals surface area contributed by atoms with E-state index in [0.29, 0.717) is 11.3 Å². The molecule has 15 heavy (non-hydrogen) atoms. The zero-order valence-corrected chi connectivity index (χ0v) is 10.2. The number of guanidine groups is 1. The summed E-state index contributed by atoms with van der Waals surface area (Å²) in [7, 11) is 3.26. The number of halogens is 1. The van der Waals surface area contributed by atoms with Crippen molar-refractivity contribution < 1.29 is 4.57 Å². The van der Waals surface area contributed by atoms with Crippen LogP contribution in [0.4, 0.5) is 0 Å². The Hall–Kier alpha value is -0.990. The molecule has 82 valence electrons. The summed E-state index contributed by atoms with van der Waals surface area (Å²) in [6.07, 6.45) is 0. The third kappa shape index (κ3) is 3.26. The van der Waals surface area contributed by atoms with Crippen LogP contribution >= 0.6 is 17.9 Å². The lowest BCUT2D eigenvalue weighted by Gasteiger charge is -2.14. The van der Waals surface area contributed by atoms with E-state index >= 15 is 0 Å². The van der Waals surface area contributed by atoms with E-state index in [1.165, 1.54) is 0 Å². The summed E-state index contributed by atoms with van der Waals surface area (Å²) in [6.45, 7) is -3.11. The summed E-state index contributed by atoms with van der Waals surface area (Å²) in [5, 5.41) is 5.99. The Morgan fingerprint density at radius 2 is 2.00 bits per heavy atom. The highest BCUT2D eigenvalue weighted by Crippen LogP contribution is 2.44. The van der Waals surface area contributed by atoms with Gasteiger partial charge in [-0.05, 0) is 23.4 Å². The maximum atomic E-state index is 12.1. The van der Waals surface area contributed by atoms with E-state index in [9.17, 15) is 4.57 Å². The van der Waals surface area contributed by atoms with Gasteiger partial charge in [0.05, 0.1) is 0 Å². The summed E-state index contributed by atoms with van der Waals surface area (Å²) in [5.41, 5.74) is 0. The fourth-order valence-electron chi connectivity index (χ4n) is 1.04. The molecule has 4 nitrogen and oxygen atoms in total. The van der Waals surface area contributed by atoms with Crippen molar-refractivity contribution in [3.05, 3.63) is 30.3 Å². The maximum Gasteiger partial charge on any atom is 0.286 e. The Morgan fingerprint density at radius 3 is 2.47 bits per heavy atom. The van der Waals surface area contributed by atoms with Gasteiger partial charge in [0.1, 0.15) is 0 Å². The monoisotopic (exact) mass is 245 g/mol. The SMILES string of the molecule is CN=C(NC)NP(=O)(Cl)c1ccccc1. The van der Waals surface area contributed by atoms with Gasteiger partial charge in [-0.15, -0.1) is 0 Å². The number of nitrogens with zero attached hydrogens (tertiary/aromatic N) is 1. The predicted octanol–water partition coefficient (Wildman–Crippen LogP) is 1.54. The first-order valence-corrected chi connectivity index (χ1v) is 6.99. The maximum absolute atomic E-state index is 12.1. The third-order valence-corrected chi connectivity index (χ3v) is 4.10. The van der Waals surface area contributed by atoms with E-state index in [2.05, 4.69) is 15.4 Å². The highest BCUT2D eigenvalue weighted by Gasteiger charge is 2.21. The number of hydrogen-bond acceptors (Lipinski definition) is 2. The van der Waals surface area contributed by atoms with E-state index in [1.54, 1.807) is 38.4 Å². The van der Waals surface area contributed by atoms with Crippen LogP contribution in [0, 0.1) is 0 Å². The molecular formula is C9H13ClN3OP. The third-order valence-electron chi connectivity index (χ3n) is 1.80. The minimum atomic E-state index is -3.11. The standard InChI is InChI=1S/C9H13ClN3OP/c1-11-9(12-2)13-15(10,14)8-6-4-3-5-7-8/h3-7H,1-2H3,(H2,11,12,13,14). The lowest BCUT2D eigenvalue weighted by atomic mass is 10.4. The number of nitrogens with one attached hydrogen (secondary N) is 2. The molecular weight excluding hydrogens is 233 g/mol. The normalized spacial score (nSPS) is 15.5. The van der Waals surface area contributed by atoms with Crippen molar-refractivity contribution in [2.24, 2.45) is 4.99 Å². The molecule has 0 radical (unpaired) electrons. The van der Waals surface area contributed by atoms with Gasteiger partial charge in [-0.25, -0.2) is 0 Å². The Bertz CT molecular complexity index is 394. The molecule has 1 aromatic carbocycles. The Balaban J connectivity index is 2.90. The van der Waals surface area contributed by atoms with Crippen LogP contribution in [0.5, 0.6) is 0 Å². The molecule has 0 aliphatic rings. The van der Waals surface area contributed by atoms with Crippen molar-refractivity contribution in [2.45, 2.75) is 0 Å². The van der Waals surface area contributed by atoms with E-state index in [4.69, 9.17) is 11.2 Å². The van der Waals surface area contributed by atoms with Crippen LogP contribution in [-0.2, 0) is 4.57 Å². The highest BCUT2D eigenvalue weighted by atomic mass is 35.7. The number of aliphatic imine (C=N–C) groups is 1. The predicted molar refractivity (Wildman–Crippen MR) is 65.1 cm³/mol. The minimum absolute atomic E-state index is 0.400. The molecule has 0 saturated heterocycles. The second-order valence-electron chi connectivity index (χ2n) is 2.80. The summed E-state index contributed by atoms with van der Waals surface area (Å²) in [5.74, 6) is 0.400. The van der Waals surface area contributed by atoms with Crippen LogP contribution < -0.4 is 15.7 Å². The lowest BCUT2D eigenvalue weighted by molar-refractivity contribution is 0.587. The van der Waals surface area contributed by atoms with Crippen molar-refractivity contribution >= 4 is 29.2 Å². The highest BCUT2D eigenvalue weighted by molar-refractivity contribution is 7.93. The average molecular weight is 246 g/mol. The van der Waals surface area contributed by atoms with Crippen LogP contribution in [0.1, 0.15) is 0 Å². The number of rotatable bonds is 2. The molecule has 1 atom stereocenters. The first-order chi connectivity index (χ1) is 7.10. The van der Waals surface area contributed by atoms with Gasteiger partial charge < -0.3 is 5.32 Å². The van der Waals surface area contributed by atoms with E-state index < -0.39 is 6.65 Å². The Labute approximate surface area is 94.0 Å². The Kier molecular flexibility index (Phi) is 4.18. The van der Waals surface area contributed by atoms with Crippen molar-refractivity contribution in [1.29, 1.82) is 0 Å². The molecule has 0 fully saturated rings. The fourth-order valence-corrected chi connectivity index (χ4v) is 2.79. The van der Waals surface area contributed by atoms with Gasteiger partial charge >= 0.3 is 0 Å². The topological polar surface area (TPSA) is 53.5 Å². The lowest BCUT2D eigenvalue weighted by Crippen LogP contribution is -2.33. The van der Waals surface area contributed by atoms with Crippen LogP contribution in [-0.4, -0.2) is 20.1 Å². The second-order valence-corrected chi connectivity index (χ2v) is 6.04. The molecule has 6 heteroatoms. The van der Waals surface area contributed by atoms with Crippen LogP contribution in [0.2, 0.25) is 0 Å². The Morgan fingerprint density at radius 1 is 1.40 bits per heavy atom. The molecule has 0 heterocycles. The molecule has 0 aliphatic carbocycles. The van der Waals surface area contributed by atoms with Crippen LogP contribution in [0.15, 0.2) is 35.3 Å². The molecule has 0 bridgehead atoms. The van der Waals surface area contributed by atoms with Crippen molar-refractivity contribution in [2.75, 3.05) is 14.1 Å². The molecule has 0 amide bonds. The summed E-state index contributed by atoms with van der Waals surface area (Å²) in [4.78, 5) is 3.85. The zero-order chi connectivity index (χ0) is 11.3. The van der Waals surface area contributed by atoms with E-state index in [0.717, 1.165) is 0 Å². The first kappa shape index (κ1) is 12.1. The van der Waals surface area contributed by atoms with Crippen molar-refractivity contribution in [1.82, 2.24) is 10.4 Å². The van der Waals surface area contributed by atoms with Gasteiger partial charge in [-0.3, -0.25) is 14.6 Å². The average Bonchev–Trinajstić information content (AvgIpc) is 2.27. The van der Waals surface area contributed by atoms with Gasteiger partial charge in [0, 0.05) is 19.4 Å². The largest absolute Gasteiger partial charge is 0.359 e. The smallest absolute Gasteiger partial charge is 0.286 e. The molecule has 0 saturated carbocycles.